The lowest BCUT2D eigenvalue weighted by molar-refractivity contribution is 0.414. The van der Waals surface area contributed by atoms with Crippen LogP contribution in [-0.2, 0) is 0 Å². The number of hydrogen-bond donors (Lipinski definition) is 2. The molecule has 0 saturated heterocycles. The number of thiophene rings is 1. The smallest absolute Gasteiger partial charge is 0.146 e. The summed E-state index contributed by atoms with van der Waals surface area (Å²) < 4.78 is 18.9. The van der Waals surface area contributed by atoms with E-state index in [2.05, 4.69) is 5.32 Å². The number of benzene rings is 1. The highest BCUT2D eigenvalue weighted by Crippen LogP contribution is 2.29. The lowest BCUT2D eigenvalue weighted by Gasteiger charge is -2.19. The number of nitrogens with one attached hydrogen (secondary N) is 1. The van der Waals surface area contributed by atoms with Gasteiger partial charge in [-0.3, -0.25) is 0 Å². The molecule has 0 aliphatic carbocycles. The molecule has 19 heavy (non-hydrogen) atoms. The third-order valence-electron chi connectivity index (χ3n) is 2.96. The predicted octanol–water partition coefficient (Wildman–Crippen LogP) is 3.32. The van der Waals surface area contributed by atoms with E-state index >= 15 is 0 Å². The Labute approximate surface area is 116 Å². The first-order chi connectivity index (χ1) is 9.15. The quantitative estimate of drug-likeness (QED) is 0.883. The predicted molar refractivity (Wildman–Crippen MR) is 77.4 cm³/mol. The first-order valence-electron chi connectivity index (χ1n) is 6.00. The van der Waals surface area contributed by atoms with Crippen molar-refractivity contribution >= 4 is 17.0 Å². The summed E-state index contributed by atoms with van der Waals surface area (Å²) in [5.74, 6) is 0.302. The average Bonchev–Trinajstić information content (AvgIpc) is 2.84. The molecule has 0 amide bonds. The van der Waals surface area contributed by atoms with Gasteiger partial charge in [-0.05, 0) is 36.1 Å². The Morgan fingerprint density at radius 3 is 2.79 bits per heavy atom. The summed E-state index contributed by atoms with van der Waals surface area (Å²) >= 11 is 1.62. The number of hydrogen-bond acceptors (Lipinski definition) is 4. The summed E-state index contributed by atoms with van der Waals surface area (Å²) in [6, 6.07) is 6.55. The second kappa shape index (κ2) is 6.04. The minimum atomic E-state index is -0.312. The van der Waals surface area contributed by atoms with E-state index < -0.39 is 0 Å². The molecule has 0 aliphatic heterocycles. The van der Waals surface area contributed by atoms with Crippen molar-refractivity contribution < 1.29 is 9.13 Å². The summed E-state index contributed by atoms with van der Waals surface area (Å²) in [5.41, 5.74) is 7.36. The van der Waals surface area contributed by atoms with Gasteiger partial charge in [-0.2, -0.15) is 0 Å². The van der Waals surface area contributed by atoms with Gasteiger partial charge in [-0.15, -0.1) is 11.3 Å². The molecule has 1 atom stereocenters. The maximum atomic E-state index is 13.8. The Morgan fingerprint density at radius 1 is 1.42 bits per heavy atom. The van der Waals surface area contributed by atoms with Crippen LogP contribution >= 0.6 is 11.3 Å². The number of anilines is 1. The minimum absolute atomic E-state index is 0.0957. The maximum Gasteiger partial charge on any atom is 0.146 e. The normalized spacial score (nSPS) is 12.2. The molecule has 1 heterocycles. The molecule has 0 saturated carbocycles. The number of nitrogens with two attached hydrogens (primary N) is 1. The van der Waals surface area contributed by atoms with Crippen LogP contribution in [-0.4, -0.2) is 13.7 Å². The molecule has 0 bridgehead atoms. The molecule has 0 spiro atoms. The fraction of sp³-hybridized carbons (Fsp3) is 0.286. The number of aryl methyl sites for hydroxylation is 1. The molecule has 2 rings (SSSR count). The number of methoxy groups -OCH3 is 1. The molecule has 0 aliphatic rings. The van der Waals surface area contributed by atoms with Crippen molar-refractivity contribution in [3.63, 3.8) is 0 Å². The second-order valence-electron chi connectivity index (χ2n) is 4.25. The molecule has 1 aromatic heterocycles. The van der Waals surface area contributed by atoms with Gasteiger partial charge >= 0.3 is 0 Å². The Kier molecular flexibility index (Phi) is 4.39. The SMILES string of the molecule is COc1ccc(F)c(NC(CN)c2sccc2C)c1. The van der Waals surface area contributed by atoms with Crippen LogP contribution in [0.3, 0.4) is 0 Å². The van der Waals surface area contributed by atoms with Crippen LogP contribution in [0.2, 0.25) is 0 Å². The van der Waals surface area contributed by atoms with E-state index in [9.17, 15) is 4.39 Å². The summed E-state index contributed by atoms with van der Waals surface area (Å²) in [7, 11) is 1.56. The van der Waals surface area contributed by atoms with Gasteiger partial charge in [0.1, 0.15) is 11.6 Å². The van der Waals surface area contributed by atoms with Crippen molar-refractivity contribution in [2.75, 3.05) is 19.0 Å². The molecular weight excluding hydrogens is 263 g/mol. The van der Waals surface area contributed by atoms with Gasteiger partial charge in [0.25, 0.3) is 0 Å². The van der Waals surface area contributed by atoms with Crippen molar-refractivity contribution in [3.8, 4) is 5.75 Å². The second-order valence-corrected chi connectivity index (χ2v) is 5.19. The van der Waals surface area contributed by atoms with Crippen LogP contribution in [0.4, 0.5) is 10.1 Å². The summed E-state index contributed by atoms with van der Waals surface area (Å²) in [6.45, 7) is 2.43. The molecule has 1 unspecified atom stereocenters. The summed E-state index contributed by atoms with van der Waals surface area (Å²) in [6.07, 6.45) is 0. The zero-order valence-corrected chi connectivity index (χ0v) is 11.8. The van der Waals surface area contributed by atoms with Gasteiger partial charge in [-0.25, -0.2) is 4.39 Å². The lowest BCUT2D eigenvalue weighted by atomic mass is 10.1. The highest BCUT2D eigenvalue weighted by atomic mass is 32.1. The van der Waals surface area contributed by atoms with E-state index in [1.165, 1.54) is 6.07 Å². The fourth-order valence-corrected chi connectivity index (χ4v) is 2.89. The van der Waals surface area contributed by atoms with Gasteiger partial charge < -0.3 is 15.8 Å². The van der Waals surface area contributed by atoms with Crippen LogP contribution in [0.25, 0.3) is 0 Å². The van der Waals surface area contributed by atoms with Gasteiger partial charge in [0.15, 0.2) is 0 Å². The summed E-state index contributed by atoms with van der Waals surface area (Å²) in [5, 5.41) is 5.16. The molecule has 2 aromatic rings. The topological polar surface area (TPSA) is 47.3 Å². The first-order valence-corrected chi connectivity index (χ1v) is 6.87. The highest BCUT2D eigenvalue weighted by Gasteiger charge is 2.15. The zero-order valence-electron chi connectivity index (χ0n) is 10.9. The number of halogens is 1. The zero-order chi connectivity index (χ0) is 13.8. The Bertz CT molecular complexity index is 556. The first kappa shape index (κ1) is 13.8. The van der Waals surface area contributed by atoms with Crippen LogP contribution in [0.1, 0.15) is 16.5 Å². The molecule has 1 aromatic carbocycles. The largest absolute Gasteiger partial charge is 0.497 e. The average molecular weight is 280 g/mol. The molecule has 0 radical (unpaired) electrons. The monoisotopic (exact) mass is 280 g/mol. The van der Waals surface area contributed by atoms with Gasteiger partial charge in [-0.1, -0.05) is 0 Å². The van der Waals surface area contributed by atoms with E-state index in [-0.39, 0.29) is 11.9 Å². The number of rotatable bonds is 5. The maximum absolute atomic E-state index is 13.8. The molecule has 0 fully saturated rings. The Hall–Kier alpha value is -1.59. The van der Waals surface area contributed by atoms with Crippen LogP contribution in [0.15, 0.2) is 29.6 Å². The molecule has 3 nitrogen and oxygen atoms in total. The van der Waals surface area contributed by atoms with Crippen molar-refractivity contribution in [1.29, 1.82) is 0 Å². The summed E-state index contributed by atoms with van der Waals surface area (Å²) in [4.78, 5) is 1.13. The van der Waals surface area contributed by atoms with Gasteiger partial charge in [0, 0.05) is 17.5 Å². The van der Waals surface area contributed by atoms with E-state index in [1.807, 2.05) is 18.4 Å². The van der Waals surface area contributed by atoms with Crippen LogP contribution < -0.4 is 15.8 Å². The van der Waals surface area contributed by atoms with E-state index in [4.69, 9.17) is 10.5 Å². The molecule has 102 valence electrons. The van der Waals surface area contributed by atoms with Gasteiger partial charge in [0.2, 0.25) is 0 Å². The highest BCUT2D eigenvalue weighted by molar-refractivity contribution is 7.10. The molecule has 5 heteroatoms. The molecular formula is C14H17FN2OS. The van der Waals surface area contributed by atoms with E-state index in [0.29, 0.717) is 18.0 Å². The Morgan fingerprint density at radius 2 is 2.21 bits per heavy atom. The van der Waals surface area contributed by atoms with E-state index in [1.54, 1.807) is 30.6 Å². The van der Waals surface area contributed by atoms with Crippen LogP contribution in [0, 0.1) is 12.7 Å². The third-order valence-corrected chi connectivity index (χ3v) is 4.09. The Balaban J connectivity index is 2.26. The fourth-order valence-electron chi connectivity index (χ4n) is 1.90. The lowest BCUT2D eigenvalue weighted by Crippen LogP contribution is -2.20. The van der Waals surface area contributed by atoms with Crippen molar-refractivity contribution in [2.24, 2.45) is 5.73 Å². The van der Waals surface area contributed by atoms with Crippen molar-refractivity contribution in [3.05, 3.63) is 45.9 Å². The number of ether oxygens (including phenoxy) is 1. The van der Waals surface area contributed by atoms with Crippen molar-refractivity contribution in [2.45, 2.75) is 13.0 Å². The van der Waals surface area contributed by atoms with Gasteiger partial charge in [0.05, 0.1) is 18.8 Å². The standard InChI is InChI=1S/C14H17FN2OS/c1-9-5-6-19-14(9)13(8-16)17-12-7-10(18-2)3-4-11(12)15/h3-7,13,17H,8,16H2,1-2H3. The van der Waals surface area contributed by atoms with Crippen molar-refractivity contribution in [1.82, 2.24) is 0 Å². The van der Waals surface area contributed by atoms with E-state index in [0.717, 1.165) is 10.4 Å². The van der Waals surface area contributed by atoms with Crippen LogP contribution in [0.5, 0.6) is 5.75 Å². The molecule has 3 N–H and O–H groups in total. The minimum Gasteiger partial charge on any atom is -0.497 e. The third kappa shape index (κ3) is 3.05.